The van der Waals surface area contributed by atoms with E-state index in [1.807, 2.05) is 41.4 Å². The van der Waals surface area contributed by atoms with Gasteiger partial charge >= 0.3 is 6.01 Å². The van der Waals surface area contributed by atoms with E-state index in [4.69, 9.17) is 31.3 Å². The third-order valence-electron chi connectivity index (χ3n) is 9.10. The van der Waals surface area contributed by atoms with Gasteiger partial charge in [0.15, 0.2) is 11.6 Å². The van der Waals surface area contributed by atoms with Crippen LogP contribution in [0.15, 0.2) is 55.0 Å². The number of fused-ring (bicyclic) bond motifs is 2. The normalized spacial score (nSPS) is 18.7. The molecule has 0 bridgehead atoms. The molecule has 0 N–H and O–H groups in total. The molecule has 2 aromatic carbocycles. The monoisotopic (exact) mass is 641 g/mol. The van der Waals surface area contributed by atoms with Crippen LogP contribution in [0.2, 0.25) is 5.02 Å². The van der Waals surface area contributed by atoms with Gasteiger partial charge in [0.25, 0.3) is 5.91 Å². The first-order valence-corrected chi connectivity index (χ1v) is 16.2. The van der Waals surface area contributed by atoms with E-state index >= 15 is 0 Å². The second-order valence-corrected chi connectivity index (χ2v) is 12.4. The lowest BCUT2D eigenvalue weighted by molar-refractivity contribution is -0.131. The number of anilines is 1. The smallest absolute Gasteiger partial charge is 0.319 e. The molecule has 0 aliphatic carbocycles. The fraction of sp³-hybridized carbons (Fsp3) is 0.400. The molecule has 2 fully saturated rings. The molecule has 0 saturated carbocycles. The van der Waals surface area contributed by atoms with Crippen molar-refractivity contribution in [2.45, 2.75) is 51.1 Å². The van der Waals surface area contributed by atoms with Crippen molar-refractivity contribution in [2.75, 3.05) is 44.7 Å². The third-order valence-corrected chi connectivity index (χ3v) is 9.42. The van der Waals surface area contributed by atoms with E-state index < -0.39 is 17.8 Å². The summed E-state index contributed by atoms with van der Waals surface area (Å²) in [6.45, 7) is 7.63. The Labute approximate surface area is 273 Å². The van der Waals surface area contributed by atoms with Crippen LogP contribution in [0.4, 0.5) is 10.2 Å². The summed E-state index contributed by atoms with van der Waals surface area (Å²) >= 11 is 6.76. The number of pyridine rings is 1. The summed E-state index contributed by atoms with van der Waals surface area (Å²) in [5, 5.41) is 12.2. The van der Waals surface area contributed by atoms with Crippen molar-refractivity contribution in [3.63, 3.8) is 0 Å². The van der Waals surface area contributed by atoms with Crippen LogP contribution in [0.5, 0.6) is 6.01 Å². The minimum atomic E-state index is -1.04. The number of hydrogen-bond donors (Lipinski definition) is 0. The molecule has 11 heteroatoms. The van der Waals surface area contributed by atoms with Crippen molar-refractivity contribution in [3.8, 4) is 23.2 Å². The van der Waals surface area contributed by atoms with Crippen LogP contribution < -0.4 is 9.64 Å². The Morgan fingerprint density at radius 2 is 1.93 bits per heavy atom. The van der Waals surface area contributed by atoms with Crippen LogP contribution in [-0.4, -0.2) is 82.6 Å². The number of amides is 1. The number of likely N-dealkylation sites (tertiary alicyclic amines) is 1. The summed E-state index contributed by atoms with van der Waals surface area (Å²) in [4.78, 5) is 33.1. The topological polar surface area (TPSA) is 98.5 Å². The van der Waals surface area contributed by atoms with Gasteiger partial charge in [-0.25, -0.2) is 4.39 Å². The first-order chi connectivity index (χ1) is 22.3. The molecule has 2 aliphatic rings. The lowest BCUT2D eigenvalue weighted by Gasteiger charge is -2.41. The highest BCUT2D eigenvalue weighted by atomic mass is 35.5. The van der Waals surface area contributed by atoms with Gasteiger partial charge in [-0.15, -0.1) is 0 Å². The Morgan fingerprint density at radius 3 is 2.65 bits per heavy atom. The highest BCUT2D eigenvalue weighted by Gasteiger charge is 2.34. The molecule has 4 heterocycles. The van der Waals surface area contributed by atoms with Gasteiger partial charge in [0.2, 0.25) is 0 Å². The van der Waals surface area contributed by atoms with Crippen molar-refractivity contribution in [1.29, 1.82) is 5.26 Å². The molecule has 4 aromatic rings. The number of piperazine rings is 1. The zero-order valence-corrected chi connectivity index (χ0v) is 26.9. The number of ether oxygens (including phenoxy) is 1. The van der Waals surface area contributed by atoms with E-state index in [2.05, 4.69) is 37.6 Å². The van der Waals surface area contributed by atoms with Gasteiger partial charge in [0.1, 0.15) is 17.6 Å². The van der Waals surface area contributed by atoms with Crippen LogP contribution in [0, 0.1) is 11.3 Å². The van der Waals surface area contributed by atoms with E-state index in [9.17, 15) is 14.4 Å². The Hall–Kier alpha value is -4.33. The largest absolute Gasteiger partial charge is 0.462 e. The van der Waals surface area contributed by atoms with E-state index in [1.165, 1.54) is 4.90 Å². The quantitative estimate of drug-likeness (QED) is 0.195. The molecule has 46 heavy (non-hydrogen) atoms. The lowest BCUT2D eigenvalue weighted by Crippen LogP contribution is -2.55. The van der Waals surface area contributed by atoms with Gasteiger partial charge in [-0.1, -0.05) is 61.9 Å². The summed E-state index contributed by atoms with van der Waals surface area (Å²) < 4.78 is 20.2. The molecule has 2 saturated heterocycles. The van der Waals surface area contributed by atoms with Crippen molar-refractivity contribution in [2.24, 2.45) is 0 Å². The van der Waals surface area contributed by atoms with Gasteiger partial charge < -0.3 is 19.4 Å². The molecule has 0 radical (unpaired) electrons. The molecule has 1 amide bonds. The standard InChI is InChI=1S/C35H37ClFN7O2/c1-4-8-27-28(26-12-5-9-23-10-6-13-29(36)30(23)26)19-39-32-31(27)40-35(46-21-25-11-7-16-42(25)3)41-33(32)43-17-18-44(34(45)22(2)37)24(20-43)14-15-38/h5-6,9-10,12-13,19,24-25H,2,4,7-8,11,14,16-18,20-21H2,1,3H3. The Morgan fingerprint density at radius 1 is 1.13 bits per heavy atom. The summed E-state index contributed by atoms with van der Waals surface area (Å²) in [6.07, 6.45) is 5.66. The Balaban J connectivity index is 1.50. The minimum Gasteiger partial charge on any atom is -0.462 e. The average molecular weight is 642 g/mol. The van der Waals surface area contributed by atoms with Crippen LogP contribution in [0.3, 0.4) is 0 Å². The van der Waals surface area contributed by atoms with Gasteiger partial charge in [-0.3, -0.25) is 9.78 Å². The molecular formula is C35H37ClFN7O2. The van der Waals surface area contributed by atoms with Crippen LogP contribution in [-0.2, 0) is 11.2 Å². The number of likely N-dealkylation sites (N-methyl/N-ethyl adjacent to an activating group) is 1. The lowest BCUT2D eigenvalue weighted by atomic mass is 9.93. The molecule has 6 rings (SSSR count). The zero-order valence-electron chi connectivity index (χ0n) is 26.2. The Kier molecular flexibility index (Phi) is 9.34. The highest BCUT2D eigenvalue weighted by Crippen LogP contribution is 2.39. The first kappa shape index (κ1) is 31.6. The second-order valence-electron chi connectivity index (χ2n) is 12.0. The van der Waals surface area contributed by atoms with Gasteiger partial charge in [-0.05, 0) is 55.4 Å². The minimum absolute atomic E-state index is 0.0381. The molecule has 2 aliphatic heterocycles. The van der Waals surface area contributed by atoms with Gasteiger partial charge in [-0.2, -0.15) is 15.2 Å². The number of rotatable bonds is 9. The number of halogens is 2. The highest BCUT2D eigenvalue weighted by molar-refractivity contribution is 6.36. The van der Waals surface area contributed by atoms with Crippen molar-refractivity contribution in [1.82, 2.24) is 24.8 Å². The van der Waals surface area contributed by atoms with E-state index in [1.54, 1.807) is 0 Å². The summed E-state index contributed by atoms with van der Waals surface area (Å²) in [5.41, 5.74) is 4.23. The number of aryl methyl sites for hydroxylation is 1. The van der Waals surface area contributed by atoms with Crippen LogP contribution >= 0.6 is 11.6 Å². The zero-order chi connectivity index (χ0) is 32.4. The number of nitriles is 1. The van der Waals surface area contributed by atoms with Crippen molar-refractivity contribution < 1.29 is 13.9 Å². The molecule has 2 atom stereocenters. The second kappa shape index (κ2) is 13.6. The maximum absolute atomic E-state index is 13.9. The number of aromatic nitrogens is 3. The molecule has 238 valence electrons. The molecule has 0 spiro atoms. The SMILES string of the molecule is C=C(F)C(=O)N1CCN(c2nc(OCC3CCCN3C)nc3c(CCC)c(-c4cccc5cccc(Cl)c45)cnc23)CC1CC#N. The first-order valence-electron chi connectivity index (χ1n) is 15.8. The van der Waals surface area contributed by atoms with Crippen molar-refractivity contribution >= 4 is 45.1 Å². The molecular weight excluding hydrogens is 605 g/mol. The summed E-state index contributed by atoms with van der Waals surface area (Å²) in [7, 11) is 2.10. The summed E-state index contributed by atoms with van der Waals surface area (Å²) in [6, 6.07) is 14.1. The van der Waals surface area contributed by atoms with Gasteiger partial charge in [0, 0.05) is 47.8 Å². The number of hydrogen-bond acceptors (Lipinski definition) is 8. The van der Waals surface area contributed by atoms with Crippen molar-refractivity contribution in [3.05, 3.63) is 65.6 Å². The van der Waals surface area contributed by atoms with E-state index in [-0.39, 0.29) is 31.6 Å². The number of nitrogens with zero attached hydrogens (tertiary/aromatic N) is 7. The van der Waals surface area contributed by atoms with E-state index in [0.717, 1.165) is 59.7 Å². The average Bonchev–Trinajstić information content (AvgIpc) is 3.47. The maximum Gasteiger partial charge on any atom is 0.319 e. The predicted molar refractivity (Wildman–Crippen MR) is 179 cm³/mol. The fourth-order valence-electron chi connectivity index (χ4n) is 6.74. The molecule has 9 nitrogen and oxygen atoms in total. The van der Waals surface area contributed by atoms with Crippen LogP contribution in [0.1, 0.15) is 38.2 Å². The Bertz CT molecular complexity index is 1840. The van der Waals surface area contributed by atoms with E-state index in [0.29, 0.717) is 35.0 Å². The summed E-state index contributed by atoms with van der Waals surface area (Å²) in [5.74, 6) is -1.27. The third kappa shape index (κ3) is 6.09. The number of benzene rings is 2. The molecule has 2 unspecified atom stereocenters. The predicted octanol–water partition coefficient (Wildman–Crippen LogP) is 6.34. The number of carbonyl (C=O) groups excluding carboxylic acids is 1. The fourth-order valence-corrected chi connectivity index (χ4v) is 7.02. The maximum atomic E-state index is 13.9. The van der Waals surface area contributed by atoms with Gasteiger partial charge in [0.05, 0.1) is 18.5 Å². The van der Waals surface area contributed by atoms with Crippen LogP contribution in [0.25, 0.3) is 32.9 Å². The number of carbonyl (C=O) groups is 1. The molecule has 2 aromatic heterocycles.